The molecule has 0 spiro atoms. The maximum atomic E-state index is 5.75. The van der Waals surface area contributed by atoms with E-state index in [0.717, 1.165) is 31.9 Å². The smallest absolute Gasteiger partial charge is 0.119 e. The first-order valence-corrected chi connectivity index (χ1v) is 7.71. The zero-order chi connectivity index (χ0) is 13.3. The molecule has 0 saturated carbocycles. The maximum absolute atomic E-state index is 5.75. The Morgan fingerprint density at radius 2 is 2.00 bits per heavy atom. The Balaban J connectivity index is 1.72. The van der Waals surface area contributed by atoms with Crippen molar-refractivity contribution in [2.45, 2.75) is 26.3 Å². The first kappa shape index (κ1) is 14.1. The maximum Gasteiger partial charge on any atom is 0.119 e. The summed E-state index contributed by atoms with van der Waals surface area (Å²) < 4.78 is 5.75. The third-order valence-corrected chi connectivity index (χ3v) is 3.81. The van der Waals surface area contributed by atoms with Gasteiger partial charge in [-0.05, 0) is 42.1 Å². The van der Waals surface area contributed by atoms with E-state index in [1.807, 2.05) is 0 Å². The lowest BCUT2D eigenvalue weighted by Crippen LogP contribution is -2.13. The van der Waals surface area contributed by atoms with Crippen LogP contribution in [0.1, 0.15) is 23.8 Å². The second-order valence-corrected chi connectivity index (χ2v) is 5.53. The third-order valence-electron chi connectivity index (χ3n) is 2.88. The molecule has 0 amide bonds. The van der Waals surface area contributed by atoms with Gasteiger partial charge < -0.3 is 10.1 Å². The van der Waals surface area contributed by atoms with Crippen LogP contribution in [0.15, 0.2) is 41.8 Å². The molecule has 0 fully saturated rings. The summed E-state index contributed by atoms with van der Waals surface area (Å²) in [6, 6.07) is 12.6. The average Bonchev–Trinajstić information content (AvgIpc) is 2.94. The lowest BCUT2D eigenvalue weighted by molar-refractivity contribution is 0.323. The average molecular weight is 275 g/mol. The van der Waals surface area contributed by atoms with Gasteiger partial charge in [-0.1, -0.05) is 25.1 Å². The lowest BCUT2D eigenvalue weighted by atomic mass is 10.2. The van der Waals surface area contributed by atoms with Crippen LogP contribution in [0.5, 0.6) is 5.75 Å². The Hall–Kier alpha value is -1.32. The summed E-state index contributed by atoms with van der Waals surface area (Å²) in [5.41, 5.74) is 1.30. The van der Waals surface area contributed by atoms with Crippen LogP contribution < -0.4 is 10.1 Å². The van der Waals surface area contributed by atoms with Gasteiger partial charge in [-0.3, -0.25) is 0 Å². The standard InChI is InChI=1S/C16H21NOS/c1-2-10-17-13-14-5-7-15(8-6-14)18-11-9-16-4-3-12-19-16/h3-8,12,17H,2,9-11,13H2,1H3. The summed E-state index contributed by atoms with van der Waals surface area (Å²) in [6.45, 7) is 4.92. The van der Waals surface area contributed by atoms with Crippen LogP contribution in [-0.4, -0.2) is 13.2 Å². The number of rotatable bonds is 8. The number of thiophene rings is 1. The first-order chi connectivity index (χ1) is 9.38. The molecule has 2 nitrogen and oxygen atoms in total. The molecule has 1 aromatic carbocycles. The molecule has 0 saturated heterocycles. The third kappa shape index (κ3) is 5.05. The Morgan fingerprint density at radius 1 is 1.16 bits per heavy atom. The molecule has 2 aromatic rings. The highest BCUT2D eigenvalue weighted by molar-refractivity contribution is 7.09. The van der Waals surface area contributed by atoms with Crippen LogP contribution in [0.4, 0.5) is 0 Å². The number of nitrogens with one attached hydrogen (secondary N) is 1. The van der Waals surface area contributed by atoms with Crippen molar-refractivity contribution in [3.63, 3.8) is 0 Å². The Bertz CT molecular complexity index is 450. The number of hydrogen-bond donors (Lipinski definition) is 1. The van der Waals surface area contributed by atoms with Crippen LogP contribution >= 0.6 is 11.3 Å². The molecule has 3 heteroatoms. The predicted molar refractivity (Wildman–Crippen MR) is 82.0 cm³/mol. The summed E-state index contributed by atoms with van der Waals surface area (Å²) in [4.78, 5) is 1.38. The topological polar surface area (TPSA) is 21.3 Å². The monoisotopic (exact) mass is 275 g/mol. The summed E-state index contributed by atoms with van der Waals surface area (Å²) in [7, 11) is 0. The minimum absolute atomic E-state index is 0.744. The van der Waals surface area contributed by atoms with Crippen LogP contribution in [-0.2, 0) is 13.0 Å². The molecule has 1 N–H and O–H groups in total. The van der Waals surface area contributed by atoms with E-state index in [-0.39, 0.29) is 0 Å². The molecule has 0 aliphatic heterocycles. The lowest BCUT2D eigenvalue weighted by Gasteiger charge is -2.07. The molecule has 0 aliphatic rings. The van der Waals surface area contributed by atoms with E-state index in [2.05, 4.69) is 54.0 Å². The number of hydrogen-bond acceptors (Lipinski definition) is 3. The van der Waals surface area contributed by atoms with Gasteiger partial charge in [0.2, 0.25) is 0 Å². The zero-order valence-electron chi connectivity index (χ0n) is 11.4. The van der Waals surface area contributed by atoms with Crippen molar-refractivity contribution in [3.05, 3.63) is 52.2 Å². The second-order valence-electron chi connectivity index (χ2n) is 4.50. The van der Waals surface area contributed by atoms with E-state index in [1.165, 1.54) is 16.9 Å². The van der Waals surface area contributed by atoms with Crippen LogP contribution in [0.25, 0.3) is 0 Å². The molecular formula is C16H21NOS. The van der Waals surface area contributed by atoms with Crippen LogP contribution in [0, 0.1) is 0 Å². The zero-order valence-corrected chi connectivity index (χ0v) is 12.2. The Labute approximate surface area is 119 Å². The molecule has 0 aliphatic carbocycles. The van der Waals surface area contributed by atoms with E-state index < -0.39 is 0 Å². The van der Waals surface area contributed by atoms with Crippen molar-refractivity contribution >= 4 is 11.3 Å². The van der Waals surface area contributed by atoms with Crippen LogP contribution in [0.3, 0.4) is 0 Å². The molecule has 0 bridgehead atoms. The van der Waals surface area contributed by atoms with Crippen molar-refractivity contribution in [2.75, 3.05) is 13.2 Å². The number of benzene rings is 1. The van der Waals surface area contributed by atoms with Gasteiger partial charge in [0.25, 0.3) is 0 Å². The second kappa shape index (κ2) is 7.97. The van der Waals surface area contributed by atoms with E-state index in [4.69, 9.17) is 4.74 Å². The van der Waals surface area contributed by atoms with Gasteiger partial charge in [0, 0.05) is 17.8 Å². The molecule has 1 aromatic heterocycles. The Morgan fingerprint density at radius 3 is 2.68 bits per heavy atom. The van der Waals surface area contributed by atoms with Gasteiger partial charge in [0.15, 0.2) is 0 Å². The van der Waals surface area contributed by atoms with Crippen LogP contribution in [0.2, 0.25) is 0 Å². The fraction of sp³-hybridized carbons (Fsp3) is 0.375. The predicted octanol–water partition coefficient (Wildman–Crippen LogP) is 3.87. The van der Waals surface area contributed by atoms with Gasteiger partial charge in [-0.25, -0.2) is 0 Å². The molecule has 102 valence electrons. The normalized spacial score (nSPS) is 10.6. The fourth-order valence-electron chi connectivity index (χ4n) is 1.84. The highest BCUT2D eigenvalue weighted by Gasteiger charge is 1.97. The van der Waals surface area contributed by atoms with E-state index in [1.54, 1.807) is 11.3 Å². The summed E-state index contributed by atoms with van der Waals surface area (Å²) in [6.07, 6.45) is 2.15. The highest BCUT2D eigenvalue weighted by atomic mass is 32.1. The fourth-order valence-corrected chi connectivity index (χ4v) is 2.53. The molecule has 19 heavy (non-hydrogen) atoms. The number of ether oxygens (including phenoxy) is 1. The van der Waals surface area contributed by atoms with Gasteiger partial charge in [0.05, 0.1) is 6.61 Å². The van der Waals surface area contributed by atoms with Crippen molar-refractivity contribution in [1.29, 1.82) is 0 Å². The summed E-state index contributed by atoms with van der Waals surface area (Å²) in [5, 5.41) is 5.50. The van der Waals surface area contributed by atoms with Gasteiger partial charge in [0.1, 0.15) is 5.75 Å². The largest absolute Gasteiger partial charge is 0.493 e. The van der Waals surface area contributed by atoms with Gasteiger partial charge in [-0.15, -0.1) is 11.3 Å². The van der Waals surface area contributed by atoms with Gasteiger partial charge >= 0.3 is 0 Å². The SMILES string of the molecule is CCCNCc1ccc(OCCc2cccs2)cc1. The quantitative estimate of drug-likeness (QED) is 0.738. The van der Waals surface area contributed by atoms with E-state index >= 15 is 0 Å². The molecular weight excluding hydrogens is 254 g/mol. The van der Waals surface area contributed by atoms with Crippen molar-refractivity contribution in [1.82, 2.24) is 5.32 Å². The molecule has 0 atom stereocenters. The minimum Gasteiger partial charge on any atom is -0.493 e. The Kier molecular flexibility index (Phi) is 5.92. The van der Waals surface area contributed by atoms with E-state index in [0.29, 0.717) is 0 Å². The first-order valence-electron chi connectivity index (χ1n) is 6.83. The van der Waals surface area contributed by atoms with Crippen molar-refractivity contribution in [2.24, 2.45) is 0 Å². The van der Waals surface area contributed by atoms with Crippen molar-refractivity contribution in [3.8, 4) is 5.75 Å². The minimum atomic E-state index is 0.744. The molecule has 0 radical (unpaired) electrons. The molecule has 1 heterocycles. The summed E-state index contributed by atoms with van der Waals surface area (Å²) >= 11 is 1.78. The summed E-state index contributed by atoms with van der Waals surface area (Å²) in [5.74, 6) is 0.954. The molecule has 2 rings (SSSR count). The highest BCUT2D eigenvalue weighted by Crippen LogP contribution is 2.14. The van der Waals surface area contributed by atoms with E-state index in [9.17, 15) is 0 Å². The molecule has 0 unspecified atom stereocenters. The van der Waals surface area contributed by atoms with Gasteiger partial charge in [-0.2, -0.15) is 0 Å². The van der Waals surface area contributed by atoms with Crippen molar-refractivity contribution < 1.29 is 4.74 Å².